The summed E-state index contributed by atoms with van der Waals surface area (Å²) in [5.41, 5.74) is 0. The van der Waals surface area contributed by atoms with Gasteiger partial charge >= 0.3 is 0 Å². The van der Waals surface area contributed by atoms with Crippen LogP contribution in [-0.4, -0.2) is 46.3 Å². The van der Waals surface area contributed by atoms with Gasteiger partial charge in [0.2, 0.25) is 10.0 Å². The van der Waals surface area contributed by atoms with Gasteiger partial charge in [-0.05, 0) is 31.4 Å². The molecule has 0 bridgehead atoms. The lowest BCUT2D eigenvalue weighted by molar-refractivity contribution is 0.579. The molecule has 0 spiro atoms. The molecule has 0 radical (unpaired) electrons. The van der Waals surface area contributed by atoms with Crippen LogP contribution in [0.15, 0.2) is 0 Å². The van der Waals surface area contributed by atoms with Crippen LogP contribution >= 0.6 is 11.8 Å². The van der Waals surface area contributed by atoms with Crippen molar-refractivity contribution in [3.8, 4) is 0 Å². The second kappa shape index (κ2) is 8.52. The first-order valence-corrected chi connectivity index (χ1v) is 7.99. The van der Waals surface area contributed by atoms with E-state index < -0.39 is 10.0 Å². The Morgan fingerprint density at radius 3 is 2.43 bits per heavy atom. The van der Waals surface area contributed by atoms with E-state index in [1.54, 1.807) is 0 Å². The molecule has 0 aromatic carbocycles. The van der Waals surface area contributed by atoms with Crippen molar-refractivity contribution in [1.29, 1.82) is 0 Å². The van der Waals surface area contributed by atoms with Crippen molar-refractivity contribution in [2.45, 2.75) is 12.8 Å². The highest BCUT2D eigenvalue weighted by molar-refractivity contribution is 7.98. The lowest BCUT2D eigenvalue weighted by atomic mass is 10.3. The van der Waals surface area contributed by atoms with Crippen LogP contribution in [0.25, 0.3) is 0 Å². The second-order valence-electron chi connectivity index (χ2n) is 3.12. The summed E-state index contributed by atoms with van der Waals surface area (Å²) in [6.45, 7) is 2.14. The molecule has 14 heavy (non-hydrogen) atoms. The van der Waals surface area contributed by atoms with E-state index in [2.05, 4.69) is 16.3 Å². The molecule has 0 aliphatic carbocycles. The molecule has 86 valence electrons. The molecule has 0 fully saturated rings. The van der Waals surface area contributed by atoms with E-state index in [1.807, 2.05) is 11.8 Å². The van der Waals surface area contributed by atoms with Crippen molar-refractivity contribution in [2.24, 2.45) is 0 Å². The average molecular weight is 240 g/mol. The predicted molar refractivity (Wildman–Crippen MR) is 63.3 cm³/mol. The Labute approximate surface area is 91.3 Å². The predicted octanol–water partition coefficient (Wildman–Crippen LogP) is 0.268. The molecule has 0 saturated heterocycles. The van der Waals surface area contributed by atoms with Crippen molar-refractivity contribution >= 4 is 21.8 Å². The van der Waals surface area contributed by atoms with Gasteiger partial charge in [0.05, 0.1) is 6.26 Å². The Kier molecular flexibility index (Phi) is 8.66. The monoisotopic (exact) mass is 240 g/mol. The van der Waals surface area contributed by atoms with Crippen molar-refractivity contribution in [3.05, 3.63) is 0 Å². The average Bonchev–Trinajstić information content (AvgIpc) is 2.08. The smallest absolute Gasteiger partial charge is 0.208 e. The maximum absolute atomic E-state index is 10.7. The Morgan fingerprint density at radius 2 is 1.86 bits per heavy atom. The number of hydrogen-bond donors (Lipinski definition) is 2. The molecule has 2 N–H and O–H groups in total. The van der Waals surface area contributed by atoms with Crippen molar-refractivity contribution in [3.63, 3.8) is 0 Å². The van der Waals surface area contributed by atoms with Crippen LogP contribution in [-0.2, 0) is 10.0 Å². The van der Waals surface area contributed by atoms with E-state index in [-0.39, 0.29) is 0 Å². The summed E-state index contributed by atoms with van der Waals surface area (Å²) in [5, 5.41) is 3.18. The molecule has 0 heterocycles. The van der Waals surface area contributed by atoms with E-state index in [1.165, 1.54) is 18.4 Å². The van der Waals surface area contributed by atoms with Gasteiger partial charge in [-0.25, -0.2) is 13.1 Å². The molecule has 0 aliphatic rings. The number of rotatable bonds is 9. The van der Waals surface area contributed by atoms with Gasteiger partial charge in [-0.2, -0.15) is 11.8 Å². The third-order valence-corrected chi connectivity index (χ3v) is 3.04. The van der Waals surface area contributed by atoms with E-state index in [0.717, 1.165) is 13.0 Å². The first kappa shape index (κ1) is 14.2. The molecule has 0 aromatic rings. The van der Waals surface area contributed by atoms with Gasteiger partial charge in [-0.15, -0.1) is 0 Å². The van der Waals surface area contributed by atoms with Crippen LogP contribution in [0.3, 0.4) is 0 Å². The largest absolute Gasteiger partial charge is 0.315 e. The van der Waals surface area contributed by atoms with Gasteiger partial charge in [-0.3, -0.25) is 0 Å². The molecule has 0 aromatic heterocycles. The molecule has 0 saturated carbocycles. The first-order chi connectivity index (χ1) is 6.56. The number of nitrogens with one attached hydrogen (secondary N) is 2. The Balaban J connectivity index is 3.07. The highest BCUT2D eigenvalue weighted by Crippen LogP contribution is 1.97. The van der Waals surface area contributed by atoms with Gasteiger partial charge < -0.3 is 5.32 Å². The third kappa shape index (κ3) is 12.2. The minimum absolute atomic E-state index is 0.474. The molecule has 0 aliphatic heterocycles. The molecular weight excluding hydrogens is 220 g/mol. The van der Waals surface area contributed by atoms with E-state index in [9.17, 15) is 8.42 Å². The summed E-state index contributed by atoms with van der Waals surface area (Å²) in [7, 11) is -3.02. The molecule has 0 unspecified atom stereocenters. The van der Waals surface area contributed by atoms with Crippen molar-refractivity contribution in [1.82, 2.24) is 10.0 Å². The standard InChI is InChI=1S/C8H20N2O2S2/c1-13-8-4-3-5-9-6-7-10-14(2,11)12/h9-10H,3-8H2,1-2H3. The quantitative estimate of drug-likeness (QED) is 0.568. The molecular formula is C8H20N2O2S2. The molecule has 0 rings (SSSR count). The number of unbranched alkanes of at least 4 members (excludes halogenated alkanes) is 1. The highest BCUT2D eigenvalue weighted by Gasteiger charge is 1.97. The summed E-state index contributed by atoms with van der Waals surface area (Å²) in [6, 6.07) is 0. The van der Waals surface area contributed by atoms with Crippen molar-refractivity contribution in [2.75, 3.05) is 37.9 Å². The molecule has 0 atom stereocenters. The van der Waals surface area contributed by atoms with E-state index in [4.69, 9.17) is 0 Å². The van der Waals surface area contributed by atoms with Crippen LogP contribution in [0.4, 0.5) is 0 Å². The van der Waals surface area contributed by atoms with E-state index in [0.29, 0.717) is 13.1 Å². The lowest BCUT2D eigenvalue weighted by Gasteiger charge is -2.04. The summed E-state index contributed by atoms with van der Waals surface area (Å²) < 4.78 is 23.8. The zero-order valence-electron chi connectivity index (χ0n) is 8.88. The van der Waals surface area contributed by atoms with Crippen LogP contribution in [0.5, 0.6) is 0 Å². The summed E-state index contributed by atoms with van der Waals surface area (Å²) >= 11 is 1.85. The maximum atomic E-state index is 10.7. The van der Waals surface area contributed by atoms with Gasteiger partial charge in [0, 0.05) is 13.1 Å². The topological polar surface area (TPSA) is 58.2 Å². The molecule has 4 nitrogen and oxygen atoms in total. The SMILES string of the molecule is CSCCCCNCCNS(C)(=O)=O. The van der Waals surface area contributed by atoms with Crippen LogP contribution in [0.1, 0.15) is 12.8 Å². The number of thioether (sulfide) groups is 1. The number of hydrogen-bond acceptors (Lipinski definition) is 4. The Morgan fingerprint density at radius 1 is 1.14 bits per heavy atom. The summed E-state index contributed by atoms with van der Waals surface area (Å²) in [4.78, 5) is 0. The van der Waals surface area contributed by atoms with Crippen molar-refractivity contribution < 1.29 is 8.42 Å². The molecule has 0 amide bonds. The maximum Gasteiger partial charge on any atom is 0.208 e. The number of sulfonamides is 1. The highest BCUT2D eigenvalue weighted by atomic mass is 32.2. The summed E-state index contributed by atoms with van der Waals surface area (Å²) in [5.74, 6) is 1.20. The summed E-state index contributed by atoms with van der Waals surface area (Å²) in [6.07, 6.45) is 5.64. The van der Waals surface area contributed by atoms with Gasteiger partial charge in [-0.1, -0.05) is 0 Å². The Hall–Kier alpha value is 0.220. The molecule has 6 heteroatoms. The van der Waals surface area contributed by atoms with Gasteiger partial charge in [0.15, 0.2) is 0 Å². The fraction of sp³-hybridized carbons (Fsp3) is 1.00. The fourth-order valence-corrected chi connectivity index (χ4v) is 1.91. The minimum atomic E-state index is -3.02. The minimum Gasteiger partial charge on any atom is -0.315 e. The second-order valence-corrected chi connectivity index (χ2v) is 5.94. The fourth-order valence-electron chi connectivity index (χ4n) is 0.946. The zero-order chi connectivity index (χ0) is 10.9. The normalized spacial score (nSPS) is 11.9. The zero-order valence-corrected chi connectivity index (χ0v) is 10.5. The van der Waals surface area contributed by atoms with Crippen LogP contribution in [0.2, 0.25) is 0 Å². The van der Waals surface area contributed by atoms with Gasteiger partial charge in [0.25, 0.3) is 0 Å². The Bertz CT molecular complexity index is 217. The van der Waals surface area contributed by atoms with E-state index >= 15 is 0 Å². The lowest BCUT2D eigenvalue weighted by Crippen LogP contribution is -2.31. The van der Waals surface area contributed by atoms with Gasteiger partial charge in [0.1, 0.15) is 0 Å². The third-order valence-electron chi connectivity index (χ3n) is 1.62. The van der Waals surface area contributed by atoms with Crippen LogP contribution in [0, 0.1) is 0 Å². The first-order valence-electron chi connectivity index (χ1n) is 4.70. The van der Waals surface area contributed by atoms with Crippen LogP contribution < -0.4 is 10.0 Å².